The van der Waals surface area contributed by atoms with Crippen LogP contribution in [0.2, 0.25) is 0 Å². The fraction of sp³-hybridized carbons (Fsp3) is 0.419. The summed E-state index contributed by atoms with van der Waals surface area (Å²) < 4.78 is 84.8. The number of esters is 2. The molecule has 0 amide bonds. The molecule has 0 radical (unpaired) electrons. The standard InChI is InChI=1S/C23H32O6S.C23H30O5.C21H26O5.C19H24O3/c1-6-18(3)19-7-9-22(10-8-19)29-30(24,25)12-11-28-23-20(15-26-4)13-17(2)14-21(23)16-27-5;1-6-17(3)18-7-9-21(10-8-18)28-22(24)15-27-23-19(13-25-4)11-16(2)12-20(23)14-26-5;1-3-15(2)16-7-9-19(10-8-16)25-12-11-20(24)26-21-17(13-22)5-4-6-18(21)14-23;1-4-14(3)15-5-7-18(8-6-15)22-12-17-10-13(2)9-16(11-20)19(17)21/h7-10,13-14,18H,6,11-12,15-16H2,1-5H3;7-12,17H,6,13-15H2,1-5H3;4-10,15,22-23H,3,11-14H2,1-2H3;5-10,14,20-21H,4,11-12H2,1-3H3. The van der Waals surface area contributed by atoms with Crippen molar-refractivity contribution in [3.05, 3.63) is 235 Å². The molecule has 0 fully saturated rings. The van der Waals surface area contributed by atoms with Crippen LogP contribution in [0.15, 0.2) is 152 Å². The number of phenols is 1. The second-order valence-corrected chi connectivity index (χ2v) is 27.9. The quantitative estimate of drug-likeness (QED) is 0.0160. The number of aliphatic hydroxyl groups is 3. The zero-order valence-electron chi connectivity index (χ0n) is 64.6. The number of benzene rings is 8. The molecule has 4 atom stereocenters. The van der Waals surface area contributed by atoms with Crippen molar-refractivity contribution in [2.24, 2.45) is 0 Å². The van der Waals surface area contributed by atoms with E-state index in [0.29, 0.717) is 101 Å². The molecular weight excluding hydrogens is 1370 g/mol. The highest BCUT2D eigenvalue weighted by Gasteiger charge is 2.20. The van der Waals surface area contributed by atoms with Crippen molar-refractivity contribution in [3.8, 4) is 46.0 Å². The first-order valence-corrected chi connectivity index (χ1v) is 37.7. The smallest absolute Gasteiger partial charge is 0.349 e. The van der Waals surface area contributed by atoms with Gasteiger partial charge in [-0.25, -0.2) is 4.79 Å². The van der Waals surface area contributed by atoms with E-state index in [9.17, 15) is 38.4 Å². The fourth-order valence-electron chi connectivity index (χ4n) is 11.2. The van der Waals surface area contributed by atoms with Gasteiger partial charge in [0.2, 0.25) is 0 Å². The molecule has 8 aromatic rings. The van der Waals surface area contributed by atoms with Gasteiger partial charge >= 0.3 is 22.1 Å². The Labute approximate surface area is 628 Å². The third kappa shape index (κ3) is 28.8. The molecule has 0 aliphatic rings. The van der Waals surface area contributed by atoms with Crippen LogP contribution in [-0.2, 0) is 91.5 Å². The van der Waals surface area contributed by atoms with Crippen LogP contribution in [0.3, 0.4) is 0 Å². The number of hydrogen-bond acceptors (Lipinski definition) is 19. The Kier molecular flexibility index (Phi) is 38.3. The minimum absolute atomic E-state index is 0.0379. The van der Waals surface area contributed by atoms with Gasteiger partial charge < -0.3 is 72.0 Å². The molecule has 8 rings (SSSR count). The molecule has 8 aromatic carbocycles. The summed E-state index contributed by atoms with van der Waals surface area (Å²) >= 11 is 0. The molecule has 106 heavy (non-hydrogen) atoms. The van der Waals surface area contributed by atoms with Crippen molar-refractivity contribution in [1.29, 1.82) is 0 Å². The maximum atomic E-state index is 12.4. The van der Waals surface area contributed by atoms with E-state index in [2.05, 4.69) is 67.5 Å². The van der Waals surface area contributed by atoms with Gasteiger partial charge in [-0.05, 0) is 147 Å². The highest BCUT2D eigenvalue weighted by Crippen LogP contribution is 2.33. The third-order valence-corrected chi connectivity index (χ3v) is 19.0. The van der Waals surface area contributed by atoms with Crippen molar-refractivity contribution in [2.45, 2.75) is 185 Å². The van der Waals surface area contributed by atoms with Crippen molar-refractivity contribution < 1.29 is 90.0 Å². The van der Waals surface area contributed by atoms with Gasteiger partial charge in [0.1, 0.15) is 65.0 Å². The zero-order valence-corrected chi connectivity index (χ0v) is 65.4. The highest BCUT2D eigenvalue weighted by molar-refractivity contribution is 7.87. The van der Waals surface area contributed by atoms with E-state index >= 15 is 0 Å². The zero-order chi connectivity index (χ0) is 77.7. The number of rotatable bonds is 37. The molecule has 19 nitrogen and oxygen atoms in total. The van der Waals surface area contributed by atoms with Crippen LogP contribution < -0.4 is 32.6 Å². The van der Waals surface area contributed by atoms with Crippen molar-refractivity contribution in [2.75, 3.05) is 54.0 Å². The second kappa shape index (κ2) is 46.3. The molecular formula is C86H112O19S. The normalized spacial score (nSPS) is 12.1. The van der Waals surface area contributed by atoms with Crippen molar-refractivity contribution in [1.82, 2.24) is 0 Å². The summed E-state index contributed by atoms with van der Waals surface area (Å²) in [5.41, 5.74) is 13.7. The first kappa shape index (κ1) is 87.8. The van der Waals surface area contributed by atoms with Gasteiger partial charge in [-0.15, -0.1) is 0 Å². The number of aromatic hydroxyl groups is 1. The molecule has 576 valence electrons. The van der Waals surface area contributed by atoms with Crippen LogP contribution in [0.5, 0.6) is 46.0 Å². The molecule has 0 saturated heterocycles. The largest absolute Gasteiger partial charge is 0.507 e. The number of ether oxygens (including phenoxy) is 10. The van der Waals surface area contributed by atoms with Gasteiger partial charge in [-0.2, -0.15) is 8.42 Å². The van der Waals surface area contributed by atoms with Crippen LogP contribution in [0.25, 0.3) is 0 Å². The fourth-order valence-corrected chi connectivity index (χ4v) is 12.0. The molecule has 0 heterocycles. The van der Waals surface area contributed by atoms with E-state index < -0.39 is 22.1 Å². The molecule has 0 aliphatic heterocycles. The molecule has 20 heteroatoms. The average Bonchev–Trinajstić information content (AvgIpc) is 0.848. The molecule has 0 aliphatic carbocycles. The van der Waals surface area contributed by atoms with Crippen molar-refractivity contribution in [3.63, 3.8) is 0 Å². The Balaban J connectivity index is 0.000000255. The second-order valence-electron chi connectivity index (χ2n) is 26.2. The van der Waals surface area contributed by atoms with E-state index in [-0.39, 0.29) is 69.9 Å². The topological polar surface area (TPSA) is 251 Å². The molecule has 0 spiro atoms. The van der Waals surface area contributed by atoms with E-state index in [4.69, 9.17) is 51.6 Å². The van der Waals surface area contributed by atoms with E-state index in [1.165, 1.54) is 16.7 Å². The SMILES string of the molecule is CCC(C)c1ccc(OC(=O)COc2c(COC)cc(C)cc2COC)cc1.CCC(C)c1ccc(OCCC(=O)Oc2c(CO)cccc2CO)cc1.CCC(C)c1ccc(OCc2cc(C)cc(CO)c2O)cc1.CCC(C)c1ccc(OS(=O)(=O)CCOc2c(COC)cc(C)cc2COC)cc1. The van der Waals surface area contributed by atoms with Crippen LogP contribution in [0, 0.1) is 20.8 Å². The number of methoxy groups -OCH3 is 4. The third-order valence-electron chi connectivity index (χ3n) is 17.9. The summed E-state index contributed by atoms with van der Waals surface area (Å²) in [4.78, 5) is 24.3. The Morgan fingerprint density at radius 2 is 0.745 bits per heavy atom. The number of carbonyl (C=O) groups is 2. The van der Waals surface area contributed by atoms with Crippen molar-refractivity contribution >= 4 is 22.1 Å². The summed E-state index contributed by atoms with van der Waals surface area (Å²) in [6.07, 6.45) is 4.35. The minimum Gasteiger partial charge on any atom is -0.507 e. The van der Waals surface area contributed by atoms with Gasteiger partial charge in [0, 0.05) is 72.9 Å². The van der Waals surface area contributed by atoms with Gasteiger partial charge in [-0.1, -0.05) is 169 Å². The first-order valence-electron chi connectivity index (χ1n) is 36.1. The summed E-state index contributed by atoms with van der Waals surface area (Å²) in [7, 11) is 2.67. The lowest BCUT2D eigenvalue weighted by Crippen LogP contribution is -2.20. The van der Waals surface area contributed by atoms with Crippen LogP contribution >= 0.6 is 0 Å². The van der Waals surface area contributed by atoms with E-state index in [1.54, 1.807) is 64.8 Å². The molecule has 0 bridgehead atoms. The van der Waals surface area contributed by atoms with E-state index in [0.717, 1.165) is 75.9 Å². The highest BCUT2D eigenvalue weighted by atomic mass is 32.2. The summed E-state index contributed by atoms with van der Waals surface area (Å²) in [6, 6.07) is 47.3. The predicted octanol–water partition coefficient (Wildman–Crippen LogP) is 17.2. The number of carbonyl (C=O) groups excluding carboxylic acids is 2. The predicted molar refractivity (Wildman–Crippen MR) is 414 cm³/mol. The van der Waals surface area contributed by atoms with Gasteiger partial charge in [0.15, 0.2) is 6.61 Å². The van der Waals surface area contributed by atoms with Crippen LogP contribution in [-0.4, -0.2) is 94.8 Å². The lowest BCUT2D eigenvalue weighted by molar-refractivity contribution is -0.137. The Hall–Kier alpha value is -8.83. The van der Waals surface area contributed by atoms with E-state index in [1.807, 2.05) is 124 Å². The number of aryl methyl sites for hydroxylation is 3. The van der Waals surface area contributed by atoms with Gasteiger partial charge in [-0.3, -0.25) is 4.79 Å². The van der Waals surface area contributed by atoms with Crippen LogP contribution in [0.4, 0.5) is 0 Å². The van der Waals surface area contributed by atoms with Gasteiger partial charge in [0.05, 0.1) is 59.3 Å². The molecule has 4 N–H and O–H groups in total. The maximum absolute atomic E-state index is 12.4. The number of para-hydroxylation sites is 1. The Bertz CT molecular complexity index is 3970. The average molecular weight is 1480 g/mol. The summed E-state index contributed by atoms with van der Waals surface area (Å²) in [5, 5.41) is 38.1. The summed E-state index contributed by atoms with van der Waals surface area (Å²) in [5.74, 6) is 4.59. The Morgan fingerprint density at radius 1 is 0.387 bits per heavy atom. The minimum atomic E-state index is -3.79. The van der Waals surface area contributed by atoms with Gasteiger partial charge in [0.25, 0.3) is 0 Å². The Morgan fingerprint density at radius 3 is 1.13 bits per heavy atom. The maximum Gasteiger partial charge on any atom is 0.349 e. The molecule has 0 saturated carbocycles. The summed E-state index contributed by atoms with van der Waals surface area (Å²) in [6.45, 7) is 24.2. The van der Waals surface area contributed by atoms with Crippen LogP contribution in [0.1, 0.15) is 195 Å². The molecule has 4 unspecified atom stereocenters. The number of aliphatic hydroxyl groups excluding tert-OH is 3. The lowest BCUT2D eigenvalue weighted by atomic mass is 9.99. The first-order chi connectivity index (χ1) is 50.9. The molecule has 0 aromatic heterocycles. The monoisotopic (exact) mass is 1480 g/mol. The number of hydrogen-bond donors (Lipinski definition) is 4. The lowest BCUT2D eigenvalue weighted by Gasteiger charge is -2.17.